The number of benzene rings is 1. The number of hydrogen-bond donors (Lipinski definition) is 2. The van der Waals surface area contributed by atoms with Crippen LogP contribution in [-0.2, 0) is 4.74 Å². The summed E-state index contributed by atoms with van der Waals surface area (Å²) >= 11 is 3.34. The third-order valence-corrected chi connectivity index (χ3v) is 3.27. The number of halogens is 1. The summed E-state index contributed by atoms with van der Waals surface area (Å²) in [5.74, 6) is 0.338. The van der Waals surface area contributed by atoms with Gasteiger partial charge in [-0.1, -0.05) is 28.1 Å². The van der Waals surface area contributed by atoms with Crippen molar-refractivity contribution in [2.45, 2.75) is 6.23 Å². The van der Waals surface area contributed by atoms with Gasteiger partial charge in [-0.3, -0.25) is 0 Å². The molecule has 0 radical (unpaired) electrons. The van der Waals surface area contributed by atoms with Gasteiger partial charge >= 0.3 is 6.09 Å². The molecule has 1 amide bonds. The third-order valence-electron chi connectivity index (χ3n) is 2.74. The number of carboxylic acid groups (broad SMARTS) is 1. The molecule has 1 fully saturated rings. The summed E-state index contributed by atoms with van der Waals surface area (Å²) in [5.41, 5.74) is 6.66. The van der Waals surface area contributed by atoms with E-state index in [1.54, 1.807) is 0 Å². The van der Waals surface area contributed by atoms with E-state index in [4.69, 9.17) is 15.6 Å². The number of carbonyl (C=O) groups is 1. The minimum Gasteiger partial charge on any atom is -0.465 e. The van der Waals surface area contributed by atoms with Gasteiger partial charge in [0.25, 0.3) is 0 Å². The van der Waals surface area contributed by atoms with Crippen molar-refractivity contribution >= 4 is 27.9 Å². The topological polar surface area (TPSA) is 88.2 Å². The van der Waals surface area contributed by atoms with Crippen LogP contribution < -0.4 is 5.73 Å². The lowest BCUT2D eigenvalue weighted by Gasteiger charge is -2.28. The van der Waals surface area contributed by atoms with Crippen LogP contribution in [0.1, 0.15) is 5.56 Å². The van der Waals surface area contributed by atoms with Gasteiger partial charge in [0.15, 0.2) is 6.23 Å². The number of aliphatic imine (C=N–C) groups is 1. The van der Waals surface area contributed by atoms with Crippen LogP contribution in [0.25, 0.3) is 0 Å². The molecule has 1 aromatic rings. The fraction of sp³-hybridized carbons (Fsp3) is 0.333. The minimum atomic E-state index is -0.967. The van der Waals surface area contributed by atoms with Crippen LogP contribution >= 0.6 is 15.9 Å². The van der Waals surface area contributed by atoms with Crippen LogP contribution in [0, 0.1) is 0 Å². The number of amides is 1. The second-order valence-electron chi connectivity index (χ2n) is 4.08. The van der Waals surface area contributed by atoms with E-state index in [-0.39, 0.29) is 6.54 Å². The predicted octanol–water partition coefficient (Wildman–Crippen LogP) is 1.49. The van der Waals surface area contributed by atoms with Gasteiger partial charge in [0, 0.05) is 16.6 Å². The van der Waals surface area contributed by atoms with E-state index in [0.717, 1.165) is 10.0 Å². The summed E-state index contributed by atoms with van der Waals surface area (Å²) in [6.45, 7) is 0.889. The van der Waals surface area contributed by atoms with E-state index < -0.39 is 12.3 Å². The van der Waals surface area contributed by atoms with Gasteiger partial charge in [-0.15, -0.1) is 0 Å². The monoisotopic (exact) mass is 327 g/mol. The maximum atomic E-state index is 10.9. The Balaban J connectivity index is 2.07. The fourth-order valence-electron chi connectivity index (χ4n) is 1.73. The van der Waals surface area contributed by atoms with Crippen LogP contribution in [0.15, 0.2) is 33.7 Å². The van der Waals surface area contributed by atoms with Crippen molar-refractivity contribution < 1.29 is 14.6 Å². The zero-order chi connectivity index (χ0) is 13.8. The van der Waals surface area contributed by atoms with E-state index in [1.807, 2.05) is 24.3 Å². The molecule has 0 aromatic heterocycles. The Hall–Kier alpha value is -1.60. The van der Waals surface area contributed by atoms with Crippen LogP contribution in [-0.4, -0.2) is 47.9 Å². The van der Waals surface area contributed by atoms with Crippen LogP contribution in [0.4, 0.5) is 4.79 Å². The number of nitrogens with zero attached hydrogens (tertiary/aromatic N) is 2. The molecule has 1 unspecified atom stereocenters. The second kappa shape index (κ2) is 6.03. The SMILES string of the molecule is N/C(=N\C1CN(C(=O)O)CCO1)c1ccc(Br)cc1. The molecule has 1 aromatic carbocycles. The van der Waals surface area contributed by atoms with Gasteiger partial charge in [-0.25, -0.2) is 9.79 Å². The maximum Gasteiger partial charge on any atom is 0.407 e. The highest BCUT2D eigenvalue weighted by molar-refractivity contribution is 9.10. The first-order valence-electron chi connectivity index (χ1n) is 5.75. The normalized spacial score (nSPS) is 20.4. The van der Waals surface area contributed by atoms with E-state index in [0.29, 0.717) is 19.0 Å². The van der Waals surface area contributed by atoms with Crippen LogP contribution in [0.3, 0.4) is 0 Å². The van der Waals surface area contributed by atoms with Gasteiger partial charge in [0.1, 0.15) is 5.84 Å². The Morgan fingerprint density at radius 1 is 1.47 bits per heavy atom. The van der Waals surface area contributed by atoms with Crippen molar-refractivity contribution in [2.75, 3.05) is 19.7 Å². The zero-order valence-electron chi connectivity index (χ0n) is 10.1. The molecule has 1 atom stereocenters. The molecule has 7 heteroatoms. The average Bonchev–Trinajstić information content (AvgIpc) is 2.39. The maximum absolute atomic E-state index is 10.9. The first-order valence-corrected chi connectivity index (χ1v) is 6.54. The van der Waals surface area contributed by atoms with Gasteiger partial charge in [0.2, 0.25) is 0 Å². The molecule has 2 rings (SSSR count). The highest BCUT2D eigenvalue weighted by atomic mass is 79.9. The molecule has 102 valence electrons. The standard InChI is InChI=1S/C12H14BrN3O3/c13-9-3-1-8(2-4-9)11(14)15-10-7-16(12(17)18)5-6-19-10/h1-4,10H,5-7H2,(H2,14,15)(H,17,18). The molecule has 1 aliphatic rings. The Morgan fingerprint density at radius 2 is 2.16 bits per heavy atom. The third kappa shape index (κ3) is 3.68. The molecule has 19 heavy (non-hydrogen) atoms. The predicted molar refractivity (Wildman–Crippen MR) is 74.2 cm³/mol. The first-order chi connectivity index (χ1) is 9.06. The summed E-state index contributed by atoms with van der Waals surface area (Å²) < 4.78 is 6.35. The minimum absolute atomic E-state index is 0.201. The highest BCUT2D eigenvalue weighted by Gasteiger charge is 2.23. The number of morpholine rings is 1. The first kappa shape index (κ1) is 13.8. The Bertz CT molecular complexity index is 489. The molecule has 6 nitrogen and oxygen atoms in total. The fourth-order valence-corrected chi connectivity index (χ4v) is 2.00. The van der Waals surface area contributed by atoms with Crippen molar-refractivity contribution in [3.63, 3.8) is 0 Å². The summed E-state index contributed by atoms with van der Waals surface area (Å²) in [4.78, 5) is 16.4. The Kier molecular flexibility index (Phi) is 4.39. The van der Waals surface area contributed by atoms with Gasteiger partial charge in [0.05, 0.1) is 13.2 Å². The summed E-state index contributed by atoms with van der Waals surface area (Å²) in [5, 5.41) is 8.92. The zero-order valence-corrected chi connectivity index (χ0v) is 11.7. The number of rotatable bonds is 2. The average molecular weight is 328 g/mol. The van der Waals surface area contributed by atoms with Crippen molar-refractivity contribution in [3.05, 3.63) is 34.3 Å². The molecule has 1 saturated heterocycles. The Morgan fingerprint density at radius 3 is 2.79 bits per heavy atom. The second-order valence-corrected chi connectivity index (χ2v) is 4.99. The molecular formula is C12H14BrN3O3. The van der Waals surface area contributed by atoms with Gasteiger partial charge < -0.3 is 20.5 Å². The van der Waals surface area contributed by atoms with E-state index in [2.05, 4.69) is 20.9 Å². The molecular weight excluding hydrogens is 314 g/mol. The lowest BCUT2D eigenvalue weighted by Crippen LogP contribution is -2.44. The molecule has 0 bridgehead atoms. The number of nitrogens with two attached hydrogens (primary N) is 1. The van der Waals surface area contributed by atoms with Crippen LogP contribution in [0.5, 0.6) is 0 Å². The molecule has 1 heterocycles. The molecule has 0 saturated carbocycles. The lowest BCUT2D eigenvalue weighted by atomic mass is 10.2. The smallest absolute Gasteiger partial charge is 0.407 e. The highest BCUT2D eigenvalue weighted by Crippen LogP contribution is 2.12. The number of ether oxygens (including phenoxy) is 1. The van der Waals surface area contributed by atoms with Gasteiger partial charge in [-0.05, 0) is 12.1 Å². The molecule has 1 aliphatic heterocycles. The van der Waals surface area contributed by atoms with Crippen LogP contribution in [0.2, 0.25) is 0 Å². The molecule has 3 N–H and O–H groups in total. The van der Waals surface area contributed by atoms with Crippen molar-refractivity contribution in [2.24, 2.45) is 10.7 Å². The van der Waals surface area contributed by atoms with E-state index in [9.17, 15) is 4.79 Å². The van der Waals surface area contributed by atoms with E-state index in [1.165, 1.54) is 4.90 Å². The van der Waals surface area contributed by atoms with Crippen molar-refractivity contribution in [3.8, 4) is 0 Å². The Labute approximate surface area is 119 Å². The number of hydrogen-bond acceptors (Lipinski definition) is 3. The number of amidine groups is 1. The molecule has 0 spiro atoms. The van der Waals surface area contributed by atoms with Crippen molar-refractivity contribution in [1.29, 1.82) is 0 Å². The summed E-state index contributed by atoms with van der Waals surface area (Å²) in [6.07, 6.45) is -1.51. The quantitative estimate of drug-likeness (QED) is 0.636. The molecule has 0 aliphatic carbocycles. The van der Waals surface area contributed by atoms with Crippen molar-refractivity contribution in [1.82, 2.24) is 4.90 Å². The summed E-state index contributed by atoms with van der Waals surface area (Å²) in [6, 6.07) is 7.40. The van der Waals surface area contributed by atoms with E-state index >= 15 is 0 Å². The van der Waals surface area contributed by atoms with Gasteiger partial charge in [-0.2, -0.15) is 0 Å². The lowest BCUT2D eigenvalue weighted by molar-refractivity contribution is -0.0168. The summed E-state index contributed by atoms with van der Waals surface area (Å²) in [7, 11) is 0. The largest absolute Gasteiger partial charge is 0.465 e.